The van der Waals surface area contributed by atoms with Crippen molar-refractivity contribution in [2.75, 3.05) is 19.5 Å². The summed E-state index contributed by atoms with van der Waals surface area (Å²) in [6, 6.07) is 13.3. The fourth-order valence-electron chi connectivity index (χ4n) is 3.52. The molecule has 8 heteroatoms. The van der Waals surface area contributed by atoms with Crippen LogP contribution in [0.4, 0.5) is 5.82 Å². The summed E-state index contributed by atoms with van der Waals surface area (Å²) in [5.74, 6) is 1.10. The molecule has 0 aliphatic rings. The van der Waals surface area contributed by atoms with Gasteiger partial charge < -0.3 is 14.8 Å². The highest BCUT2D eigenvalue weighted by molar-refractivity contribution is 6.01. The van der Waals surface area contributed by atoms with Crippen LogP contribution in [0.25, 0.3) is 22.3 Å². The molecule has 3 heterocycles. The first-order chi connectivity index (χ1) is 15.5. The molecule has 1 aromatic carbocycles. The second-order valence-corrected chi connectivity index (χ2v) is 7.63. The Kier molecular flexibility index (Phi) is 6.02. The molecule has 1 N–H and O–H groups in total. The van der Waals surface area contributed by atoms with Crippen LogP contribution in [-0.2, 0) is 11.3 Å². The Morgan fingerprint density at radius 3 is 2.50 bits per heavy atom. The number of aromatic nitrogens is 4. The molecule has 0 bridgehead atoms. The standard InChI is InChI=1S/C24H25N5O3/c1-15(2)27-23-21-20(10-12-26-23)29(14-16-5-7-18(31-3)8-6-16)28-22(21)19-13-17(9-11-25-19)24(30)32-4/h5-13,15H,14H2,1-4H3,(H,26,27). The van der Waals surface area contributed by atoms with Crippen LogP contribution in [0.5, 0.6) is 5.75 Å². The van der Waals surface area contributed by atoms with Gasteiger partial charge in [-0.25, -0.2) is 9.78 Å². The molecule has 0 atom stereocenters. The van der Waals surface area contributed by atoms with Crippen molar-refractivity contribution in [1.82, 2.24) is 19.7 Å². The number of esters is 1. The van der Waals surface area contributed by atoms with Crippen molar-refractivity contribution >= 4 is 22.7 Å². The molecule has 0 fully saturated rings. The highest BCUT2D eigenvalue weighted by atomic mass is 16.5. The average molecular weight is 431 g/mol. The van der Waals surface area contributed by atoms with Crippen LogP contribution in [0.3, 0.4) is 0 Å². The number of rotatable bonds is 7. The smallest absolute Gasteiger partial charge is 0.337 e. The van der Waals surface area contributed by atoms with Gasteiger partial charge in [0, 0.05) is 18.4 Å². The normalized spacial score (nSPS) is 11.0. The number of benzene rings is 1. The van der Waals surface area contributed by atoms with E-state index in [-0.39, 0.29) is 6.04 Å². The molecule has 0 unspecified atom stereocenters. The molecular formula is C24H25N5O3. The van der Waals surface area contributed by atoms with Crippen LogP contribution in [0.15, 0.2) is 54.9 Å². The van der Waals surface area contributed by atoms with Crippen LogP contribution >= 0.6 is 0 Å². The third kappa shape index (κ3) is 4.25. The maximum Gasteiger partial charge on any atom is 0.337 e. The lowest BCUT2D eigenvalue weighted by Crippen LogP contribution is -2.11. The quantitative estimate of drug-likeness (QED) is 0.439. The number of nitrogens with one attached hydrogen (secondary N) is 1. The van der Waals surface area contributed by atoms with Crippen molar-refractivity contribution < 1.29 is 14.3 Å². The molecule has 4 rings (SSSR count). The molecule has 0 saturated carbocycles. The van der Waals surface area contributed by atoms with E-state index in [1.165, 1.54) is 7.11 Å². The number of fused-ring (bicyclic) bond motifs is 1. The summed E-state index contributed by atoms with van der Waals surface area (Å²) in [4.78, 5) is 21.1. The molecule has 32 heavy (non-hydrogen) atoms. The first kappa shape index (κ1) is 21.3. The molecule has 164 valence electrons. The molecule has 3 aromatic heterocycles. The fourth-order valence-corrected chi connectivity index (χ4v) is 3.52. The lowest BCUT2D eigenvalue weighted by Gasteiger charge is -2.11. The zero-order valence-corrected chi connectivity index (χ0v) is 18.5. The number of hydrogen-bond donors (Lipinski definition) is 1. The number of ether oxygens (including phenoxy) is 2. The van der Waals surface area contributed by atoms with E-state index >= 15 is 0 Å². The van der Waals surface area contributed by atoms with Crippen molar-refractivity contribution in [3.63, 3.8) is 0 Å². The Morgan fingerprint density at radius 2 is 1.81 bits per heavy atom. The molecule has 8 nitrogen and oxygen atoms in total. The summed E-state index contributed by atoms with van der Waals surface area (Å²) in [5.41, 5.74) is 3.63. The van der Waals surface area contributed by atoms with Crippen LogP contribution in [0.1, 0.15) is 29.8 Å². The largest absolute Gasteiger partial charge is 0.497 e. The van der Waals surface area contributed by atoms with Gasteiger partial charge in [0.05, 0.1) is 42.9 Å². The second-order valence-electron chi connectivity index (χ2n) is 7.63. The molecule has 0 aliphatic heterocycles. The summed E-state index contributed by atoms with van der Waals surface area (Å²) in [5, 5.41) is 9.13. The zero-order valence-electron chi connectivity index (χ0n) is 18.5. The van der Waals surface area contributed by atoms with Gasteiger partial charge in [0.15, 0.2) is 0 Å². The van der Waals surface area contributed by atoms with Crippen molar-refractivity contribution in [3.05, 3.63) is 66.0 Å². The number of hydrogen-bond acceptors (Lipinski definition) is 7. The highest BCUT2D eigenvalue weighted by Gasteiger charge is 2.20. The van der Waals surface area contributed by atoms with Crippen LogP contribution in [0, 0.1) is 0 Å². The van der Waals surface area contributed by atoms with Gasteiger partial charge in [-0.05, 0) is 49.7 Å². The topological polar surface area (TPSA) is 91.2 Å². The van der Waals surface area contributed by atoms with Crippen molar-refractivity contribution in [2.24, 2.45) is 0 Å². The monoisotopic (exact) mass is 431 g/mol. The maximum absolute atomic E-state index is 12.1. The Morgan fingerprint density at radius 1 is 1.06 bits per heavy atom. The van der Waals surface area contributed by atoms with Crippen LogP contribution < -0.4 is 10.1 Å². The van der Waals surface area contributed by atoms with E-state index in [0.717, 1.165) is 28.0 Å². The van der Waals surface area contributed by atoms with Crippen molar-refractivity contribution in [1.29, 1.82) is 0 Å². The molecular weight excluding hydrogens is 406 g/mol. The Hall–Kier alpha value is -3.94. The number of methoxy groups -OCH3 is 2. The van der Waals surface area contributed by atoms with Gasteiger partial charge in [-0.3, -0.25) is 9.67 Å². The third-order valence-electron chi connectivity index (χ3n) is 5.01. The van der Waals surface area contributed by atoms with E-state index in [0.29, 0.717) is 23.5 Å². The van der Waals surface area contributed by atoms with E-state index < -0.39 is 5.97 Å². The van der Waals surface area contributed by atoms with E-state index in [2.05, 4.69) is 29.1 Å². The van der Waals surface area contributed by atoms with Gasteiger partial charge in [0.2, 0.25) is 0 Å². The highest BCUT2D eigenvalue weighted by Crippen LogP contribution is 2.32. The number of carbonyl (C=O) groups excluding carboxylic acids is 1. The van der Waals surface area contributed by atoms with Gasteiger partial charge in [-0.2, -0.15) is 5.10 Å². The SMILES string of the molecule is COC(=O)c1ccnc(-c2nn(Cc3ccc(OC)cc3)c3ccnc(NC(C)C)c23)c1. The van der Waals surface area contributed by atoms with Crippen molar-refractivity contribution in [2.45, 2.75) is 26.4 Å². The van der Waals surface area contributed by atoms with Crippen LogP contribution in [-0.4, -0.2) is 46.0 Å². The lowest BCUT2D eigenvalue weighted by molar-refractivity contribution is 0.0600. The first-order valence-corrected chi connectivity index (χ1v) is 10.3. The number of anilines is 1. The minimum Gasteiger partial charge on any atom is -0.497 e. The molecule has 0 saturated heterocycles. The molecule has 4 aromatic rings. The second kappa shape index (κ2) is 9.05. The Balaban J connectivity index is 1.86. The molecule has 0 spiro atoms. The zero-order chi connectivity index (χ0) is 22.7. The van der Waals surface area contributed by atoms with E-state index in [1.807, 2.05) is 35.0 Å². The van der Waals surface area contributed by atoms with Gasteiger partial charge >= 0.3 is 5.97 Å². The van der Waals surface area contributed by atoms with Crippen LogP contribution in [0.2, 0.25) is 0 Å². The molecule has 0 amide bonds. The maximum atomic E-state index is 12.1. The Bertz CT molecular complexity index is 1250. The number of nitrogens with zero attached hydrogens (tertiary/aromatic N) is 4. The van der Waals surface area contributed by atoms with E-state index in [1.54, 1.807) is 31.6 Å². The predicted molar refractivity (Wildman–Crippen MR) is 123 cm³/mol. The number of carbonyl (C=O) groups is 1. The summed E-state index contributed by atoms with van der Waals surface area (Å²) >= 11 is 0. The van der Waals surface area contributed by atoms with E-state index in [9.17, 15) is 4.79 Å². The lowest BCUT2D eigenvalue weighted by atomic mass is 10.1. The third-order valence-corrected chi connectivity index (χ3v) is 5.01. The van der Waals surface area contributed by atoms with E-state index in [4.69, 9.17) is 14.6 Å². The van der Waals surface area contributed by atoms with Gasteiger partial charge in [0.1, 0.15) is 17.3 Å². The molecule has 0 radical (unpaired) electrons. The van der Waals surface area contributed by atoms with Crippen molar-refractivity contribution in [3.8, 4) is 17.1 Å². The van der Waals surface area contributed by atoms with Gasteiger partial charge in [-0.1, -0.05) is 12.1 Å². The minimum absolute atomic E-state index is 0.181. The summed E-state index contributed by atoms with van der Waals surface area (Å²) in [6.07, 6.45) is 3.35. The summed E-state index contributed by atoms with van der Waals surface area (Å²) in [6.45, 7) is 4.67. The fraction of sp³-hybridized carbons (Fsp3) is 0.250. The first-order valence-electron chi connectivity index (χ1n) is 10.3. The van der Waals surface area contributed by atoms with Gasteiger partial charge in [-0.15, -0.1) is 0 Å². The molecule has 0 aliphatic carbocycles. The summed E-state index contributed by atoms with van der Waals surface area (Å²) < 4.78 is 12.0. The minimum atomic E-state index is -0.422. The summed E-state index contributed by atoms with van der Waals surface area (Å²) in [7, 11) is 3.00. The van der Waals surface area contributed by atoms with Gasteiger partial charge in [0.25, 0.3) is 0 Å². The Labute approximate surface area is 186 Å². The predicted octanol–water partition coefficient (Wildman–Crippen LogP) is 4.16. The average Bonchev–Trinajstić information content (AvgIpc) is 3.18. The number of pyridine rings is 2.